The lowest BCUT2D eigenvalue weighted by molar-refractivity contribution is 0.555. The zero-order valence-electron chi connectivity index (χ0n) is 14.4. The first kappa shape index (κ1) is 19.2. The molecule has 0 aliphatic carbocycles. The van der Waals surface area contributed by atoms with Crippen molar-refractivity contribution in [3.05, 3.63) is 94.5 Å². The lowest BCUT2D eigenvalue weighted by Gasteiger charge is -2.27. The van der Waals surface area contributed by atoms with Gasteiger partial charge in [-0.15, -0.1) is 0 Å². The lowest BCUT2D eigenvalue weighted by atomic mass is 10.1. The summed E-state index contributed by atoms with van der Waals surface area (Å²) in [5.74, 6) is 0. The van der Waals surface area contributed by atoms with Crippen LogP contribution in [-0.4, -0.2) is 0 Å². The van der Waals surface area contributed by atoms with Crippen LogP contribution in [0.15, 0.2) is 78.9 Å². The number of halogens is 2. The lowest BCUT2D eigenvalue weighted by Crippen LogP contribution is -2.30. The Hall–Kier alpha value is -1.57. The monoisotopic (exact) mass is 403 g/mol. The van der Waals surface area contributed by atoms with E-state index in [1.54, 1.807) is 6.07 Å². The maximum Gasteiger partial charge on any atom is 0.205 e. The fourth-order valence-electron chi connectivity index (χ4n) is 2.96. The van der Waals surface area contributed by atoms with E-state index < -0.39 is 7.29 Å². The average molecular weight is 404 g/mol. The third kappa shape index (κ3) is 4.05. The molecule has 0 fully saturated rings. The van der Waals surface area contributed by atoms with Crippen molar-refractivity contribution in [2.24, 2.45) is 0 Å². The van der Waals surface area contributed by atoms with E-state index in [0.717, 1.165) is 22.6 Å². The first-order valence-electron chi connectivity index (χ1n) is 8.48. The number of hydrogen-bond acceptors (Lipinski definition) is 1. The fraction of sp³-hybridized carbons (Fsp3) is 0.143. The van der Waals surface area contributed by atoms with Crippen molar-refractivity contribution in [2.75, 3.05) is 0 Å². The average Bonchev–Trinajstić information content (AvgIpc) is 2.68. The van der Waals surface area contributed by atoms with E-state index in [2.05, 4.69) is 5.09 Å². The van der Waals surface area contributed by atoms with Crippen LogP contribution in [0.4, 0.5) is 0 Å². The van der Waals surface area contributed by atoms with Crippen molar-refractivity contribution in [3.63, 3.8) is 0 Å². The zero-order chi connectivity index (χ0) is 18.6. The first-order chi connectivity index (χ1) is 12.5. The molecule has 3 rings (SSSR count). The van der Waals surface area contributed by atoms with Crippen LogP contribution >= 0.6 is 30.5 Å². The van der Waals surface area contributed by atoms with E-state index in [0.29, 0.717) is 10.0 Å². The van der Waals surface area contributed by atoms with Gasteiger partial charge in [0.25, 0.3) is 0 Å². The summed E-state index contributed by atoms with van der Waals surface area (Å²) >= 11 is 12.4. The summed E-state index contributed by atoms with van der Waals surface area (Å²) in [7, 11) is -3.04. The molecule has 0 spiro atoms. The second-order valence-electron chi connectivity index (χ2n) is 6.04. The van der Waals surface area contributed by atoms with Crippen LogP contribution in [0.1, 0.15) is 24.9 Å². The molecule has 0 aliphatic rings. The predicted octanol–water partition coefficient (Wildman–Crippen LogP) is 5.96. The molecule has 0 bridgehead atoms. The molecular formula is C21H20Cl2NOP. The van der Waals surface area contributed by atoms with Crippen molar-refractivity contribution in [3.8, 4) is 0 Å². The summed E-state index contributed by atoms with van der Waals surface area (Å²) in [6, 6.07) is 24.3. The Bertz CT molecular complexity index is 872. The molecule has 0 radical (unpaired) electrons. The largest absolute Gasteiger partial charge is 0.297 e. The van der Waals surface area contributed by atoms with Crippen LogP contribution in [0.2, 0.25) is 10.0 Å². The zero-order valence-corrected chi connectivity index (χ0v) is 16.8. The van der Waals surface area contributed by atoms with Gasteiger partial charge in [-0.25, -0.2) is 0 Å². The molecule has 0 unspecified atom stereocenters. The summed E-state index contributed by atoms with van der Waals surface area (Å²) in [6.45, 7) is 2.04. The molecule has 26 heavy (non-hydrogen) atoms. The van der Waals surface area contributed by atoms with Crippen LogP contribution < -0.4 is 15.7 Å². The van der Waals surface area contributed by atoms with E-state index in [9.17, 15) is 4.57 Å². The van der Waals surface area contributed by atoms with E-state index in [1.807, 2.05) is 79.7 Å². The summed E-state index contributed by atoms with van der Waals surface area (Å²) in [5.41, 5.74) is 0.894. The van der Waals surface area contributed by atoms with Gasteiger partial charge >= 0.3 is 0 Å². The maximum atomic E-state index is 14.2. The Morgan fingerprint density at radius 1 is 0.885 bits per heavy atom. The van der Waals surface area contributed by atoms with Gasteiger partial charge in [-0.2, -0.15) is 0 Å². The summed E-state index contributed by atoms with van der Waals surface area (Å²) < 4.78 is 14.2. The molecule has 0 aromatic heterocycles. The molecule has 0 heterocycles. The Labute approximate surface area is 164 Å². The van der Waals surface area contributed by atoms with Crippen molar-refractivity contribution in [2.45, 2.75) is 19.4 Å². The fourth-order valence-corrected chi connectivity index (χ4v) is 6.04. The van der Waals surface area contributed by atoms with Gasteiger partial charge in [-0.3, -0.25) is 9.65 Å². The van der Waals surface area contributed by atoms with Crippen LogP contribution in [0.3, 0.4) is 0 Å². The van der Waals surface area contributed by atoms with Gasteiger partial charge in [-0.1, -0.05) is 72.6 Å². The smallest absolute Gasteiger partial charge is 0.205 e. The molecule has 134 valence electrons. The van der Waals surface area contributed by atoms with E-state index >= 15 is 0 Å². The van der Waals surface area contributed by atoms with E-state index in [4.69, 9.17) is 23.2 Å². The van der Waals surface area contributed by atoms with Crippen molar-refractivity contribution >= 4 is 41.1 Å². The standard InChI is InChI=1S/C21H20Cl2NOP/c1-2-21(19-14-13-16(22)15-20(19)23)24-26(25,17-9-5-3-6-10-17)18-11-7-4-8-12-18/h3-15,21H,2H2,1H3,(H,24,25)/t21-/m1/s1. The van der Waals surface area contributed by atoms with Gasteiger partial charge in [0.15, 0.2) is 0 Å². The molecule has 0 amide bonds. The Morgan fingerprint density at radius 3 is 1.88 bits per heavy atom. The summed E-state index contributed by atoms with van der Waals surface area (Å²) in [4.78, 5) is 0. The molecule has 3 aromatic carbocycles. The van der Waals surface area contributed by atoms with Gasteiger partial charge in [0.1, 0.15) is 0 Å². The van der Waals surface area contributed by atoms with Crippen molar-refractivity contribution < 1.29 is 4.57 Å². The van der Waals surface area contributed by atoms with Gasteiger partial charge < -0.3 is 0 Å². The molecule has 0 aliphatic heterocycles. The SMILES string of the molecule is CC[C@@H](NP(=O)(c1ccccc1)c1ccccc1)c1ccc(Cl)cc1Cl. The molecule has 0 saturated carbocycles. The predicted molar refractivity (Wildman–Crippen MR) is 112 cm³/mol. The molecule has 2 nitrogen and oxygen atoms in total. The molecule has 1 N–H and O–H groups in total. The highest BCUT2D eigenvalue weighted by molar-refractivity contribution is 7.76. The molecule has 0 saturated heterocycles. The third-order valence-corrected chi connectivity index (χ3v) is 7.61. The third-order valence-electron chi connectivity index (χ3n) is 4.32. The van der Waals surface area contributed by atoms with Crippen LogP contribution in [-0.2, 0) is 4.57 Å². The van der Waals surface area contributed by atoms with Crippen LogP contribution in [0.5, 0.6) is 0 Å². The van der Waals surface area contributed by atoms with E-state index in [-0.39, 0.29) is 6.04 Å². The topological polar surface area (TPSA) is 29.1 Å². The highest BCUT2D eigenvalue weighted by Crippen LogP contribution is 2.43. The van der Waals surface area contributed by atoms with Crippen molar-refractivity contribution in [1.82, 2.24) is 5.09 Å². The number of benzene rings is 3. The van der Waals surface area contributed by atoms with E-state index in [1.165, 1.54) is 0 Å². The van der Waals surface area contributed by atoms with Crippen molar-refractivity contribution in [1.29, 1.82) is 0 Å². The maximum absolute atomic E-state index is 14.2. The first-order valence-corrected chi connectivity index (χ1v) is 10.9. The molecule has 1 atom stereocenters. The molecular weight excluding hydrogens is 384 g/mol. The minimum atomic E-state index is -3.04. The summed E-state index contributed by atoms with van der Waals surface area (Å²) in [6.07, 6.45) is 0.741. The van der Waals surface area contributed by atoms with Gasteiger partial charge in [0.05, 0.1) is 0 Å². The van der Waals surface area contributed by atoms with Gasteiger partial charge in [0.2, 0.25) is 7.29 Å². The van der Waals surface area contributed by atoms with Crippen LogP contribution in [0, 0.1) is 0 Å². The Balaban J connectivity index is 2.07. The highest BCUT2D eigenvalue weighted by atomic mass is 35.5. The molecule has 3 aromatic rings. The highest BCUT2D eigenvalue weighted by Gasteiger charge is 2.30. The number of rotatable bonds is 6. The second-order valence-corrected chi connectivity index (χ2v) is 9.39. The Kier molecular flexibility index (Phi) is 6.21. The van der Waals surface area contributed by atoms with Gasteiger partial charge in [-0.05, 0) is 48.4 Å². The number of hydrogen-bond donors (Lipinski definition) is 1. The Morgan fingerprint density at radius 2 is 1.42 bits per heavy atom. The quantitative estimate of drug-likeness (QED) is 0.514. The molecule has 5 heteroatoms. The number of nitrogens with one attached hydrogen (secondary N) is 1. The minimum absolute atomic E-state index is 0.161. The summed E-state index contributed by atoms with van der Waals surface area (Å²) in [5, 5.41) is 6.12. The van der Waals surface area contributed by atoms with Gasteiger partial charge in [0, 0.05) is 26.7 Å². The normalized spacial score (nSPS) is 12.7. The second kappa shape index (κ2) is 8.41. The minimum Gasteiger partial charge on any atom is -0.297 e. The van der Waals surface area contributed by atoms with Crippen LogP contribution in [0.25, 0.3) is 0 Å².